The van der Waals surface area contributed by atoms with Gasteiger partial charge < -0.3 is 25.0 Å². The summed E-state index contributed by atoms with van der Waals surface area (Å²) in [5.41, 5.74) is -0.150. The van der Waals surface area contributed by atoms with Crippen LogP contribution in [0.1, 0.15) is 26.3 Å². The molecule has 0 heterocycles. The lowest BCUT2D eigenvalue weighted by Crippen LogP contribution is -2.45. The maximum atomic E-state index is 11.8. The van der Waals surface area contributed by atoms with E-state index in [0.29, 0.717) is 5.56 Å². The van der Waals surface area contributed by atoms with E-state index >= 15 is 0 Å². The molecule has 0 fully saturated rings. The van der Waals surface area contributed by atoms with Gasteiger partial charge in [-0.1, -0.05) is 6.07 Å². The van der Waals surface area contributed by atoms with Crippen LogP contribution in [0.25, 0.3) is 0 Å². The highest BCUT2D eigenvalue weighted by Crippen LogP contribution is 2.25. The van der Waals surface area contributed by atoms with E-state index in [1.54, 1.807) is 20.8 Å². The van der Waals surface area contributed by atoms with E-state index in [4.69, 9.17) is 4.74 Å². The molecule has 122 valence electrons. The molecule has 7 nitrogen and oxygen atoms in total. The Labute approximate surface area is 128 Å². The minimum absolute atomic E-state index is 0.0831. The topological polar surface area (TPSA) is 105 Å². The molecule has 1 aromatic rings. The molecule has 0 unspecified atom stereocenters. The maximum Gasteiger partial charge on any atom is 0.408 e. The molecule has 1 atom stereocenters. The first-order valence-electron chi connectivity index (χ1n) is 6.70. The van der Waals surface area contributed by atoms with Gasteiger partial charge in [-0.05, 0) is 38.5 Å². The number of ether oxygens (including phenoxy) is 2. The zero-order valence-corrected chi connectivity index (χ0v) is 13.0. The molecular weight excluding hydrogens is 290 g/mol. The minimum Gasteiger partial charge on any atom is -0.504 e. The molecule has 3 N–H and O–H groups in total. The zero-order chi connectivity index (χ0) is 16.9. The Bertz CT molecular complexity index is 549. The number of aromatic hydroxyl groups is 2. The van der Waals surface area contributed by atoms with Gasteiger partial charge in [-0.25, -0.2) is 9.59 Å². The summed E-state index contributed by atoms with van der Waals surface area (Å²) in [5, 5.41) is 21.2. The third-order valence-corrected chi connectivity index (χ3v) is 2.66. The van der Waals surface area contributed by atoms with Crippen LogP contribution in [-0.2, 0) is 20.7 Å². The zero-order valence-electron chi connectivity index (χ0n) is 13.0. The van der Waals surface area contributed by atoms with Crippen LogP contribution in [0.2, 0.25) is 0 Å². The van der Waals surface area contributed by atoms with Gasteiger partial charge in [0, 0.05) is 6.42 Å². The summed E-state index contributed by atoms with van der Waals surface area (Å²) in [6.45, 7) is 5.12. The molecule has 0 saturated carbocycles. The number of amides is 1. The summed E-state index contributed by atoms with van der Waals surface area (Å²) >= 11 is 0. The minimum atomic E-state index is -0.969. The quantitative estimate of drug-likeness (QED) is 0.577. The van der Waals surface area contributed by atoms with Crippen molar-refractivity contribution in [3.05, 3.63) is 23.8 Å². The smallest absolute Gasteiger partial charge is 0.408 e. The Hall–Kier alpha value is -2.44. The van der Waals surface area contributed by atoms with E-state index in [2.05, 4.69) is 10.1 Å². The molecule has 1 aromatic carbocycles. The molecule has 1 rings (SSSR count). The number of alkyl carbamates (subject to hydrolysis) is 1. The lowest BCUT2D eigenvalue weighted by Gasteiger charge is -2.22. The van der Waals surface area contributed by atoms with E-state index in [-0.39, 0.29) is 17.9 Å². The van der Waals surface area contributed by atoms with E-state index in [0.717, 1.165) is 0 Å². The van der Waals surface area contributed by atoms with Gasteiger partial charge in [0.05, 0.1) is 7.11 Å². The number of nitrogens with one attached hydrogen (secondary N) is 1. The first-order chi connectivity index (χ1) is 10.1. The molecule has 22 heavy (non-hydrogen) atoms. The van der Waals surface area contributed by atoms with Crippen molar-refractivity contribution in [2.75, 3.05) is 7.11 Å². The van der Waals surface area contributed by atoms with E-state index in [9.17, 15) is 19.8 Å². The second kappa shape index (κ2) is 7.02. The number of benzene rings is 1. The summed E-state index contributed by atoms with van der Waals surface area (Å²) in [7, 11) is 1.21. The number of esters is 1. The van der Waals surface area contributed by atoms with Crippen LogP contribution >= 0.6 is 0 Å². The Balaban J connectivity index is 2.82. The van der Waals surface area contributed by atoms with Gasteiger partial charge in [0.15, 0.2) is 11.5 Å². The highest BCUT2D eigenvalue weighted by molar-refractivity contribution is 5.81. The van der Waals surface area contributed by atoms with Crippen molar-refractivity contribution in [1.29, 1.82) is 0 Å². The number of methoxy groups -OCH3 is 1. The van der Waals surface area contributed by atoms with Crippen molar-refractivity contribution in [3.63, 3.8) is 0 Å². The molecule has 0 aliphatic rings. The highest BCUT2D eigenvalue weighted by atomic mass is 16.6. The highest BCUT2D eigenvalue weighted by Gasteiger charge is 2.25. The third-order valence-electron chi connectivity index (χ3n) is 2.66. The van der Waals surface area contributed by atoms with Crippen LogP contribution in [0, 0.1) is 0 Å². The number of carbonyl (C=O) groups excluding carboxylic acids is 2. The summed E-state index contributed by atoms with van der Waals surface area (Å²) in [4.78, 5) is 23.5. The second-order valence-corrected chi connectivity index (χ2v) is 5.75. The number of carbonyl (C=O) groups is 2. The third kappa shape index (κ3) is 5.51. The first kappa shape index (κ1) is 17.6. The van der Waals surface area contributed by atoms with E-state index in [1.165, 1.54) is 25.3 Å². The Morgan fingerprint density at radius 1 is 1.23 bits per heavy atom. The SMILES string of the molecule is COC(=O)[C@H](Cc1ccc(O)c(O)c1)NC(=O)OC(C)(C)C. The molecule has 0 spiro atoms. The van der Waals surface area contributed by atoms with Crippen molar-refractivity contribution < 1.29 is 29.3 Å². The summed E-state index contributed by atoms with van der Waals surface area (Å²) in [6, 6.07) is 3.17. The van der Waals surface area contributed by atoms with Crippen molar-refractivity contribution in [2.24, 2.45) is 0 Å². The van der Waals surface area contributed by atoms with Crippen LogP contribution < -0.4 is 5.32 Å². The monoisotopic (exact) mass is 311 g/mol. The second-order valence-electron chi connectivity index (χ2n) is 5.75. The van der Waals surface area contributed by atoms with Gasteiger partial charge in [-0.15, -0.1) is 0 Å². The average Bonchev–Trinajstić information content (AvgIpc) is 2.39. The lowest BCUT2D eigenvalue weighted by molar-refractivity contribution is -0.143. The molecule has 0 radical (unpaired) electrons. The summed E-state index contributed by atoms with van der Waals surface area (Å²) in [6.07, 6.45) is -0.661. The average molecular weight is 311 g/mol. The number of rotatable bonds is 4. The largest absolute Gasteiger partial charge is 0.504 e. The van der Waals surface area contributed by atoms with Gasteiger partial charge in [0.2, 0.25) is 0 Å². The summed E-state index contributed by atoms with van der Waals surface area (Å²) in [5.74, 6) is -1.21. The fraction of sp³-hybridized carbons (Fsp3) is 0.467. The van der Waals surface area contributed by atoms with Crippen LogP contribution in [0.5, 0.6) is 11.5 Å². The lowest BCUT2D eigenvalue weighted by atomic mass is 10.1. The molecule has 0 aromatic heterocycles. The van der Waals surface area contributed by atoms with Crippen molar-refractivity contribution in [2.45, 2.75) is 38.8 Å². The molecule has 0 aliphatic heterocycles. The fourth-order valence-electron chi connectivity index (χ4n) is 1.72. The van der Waals surface area contributed by atoms with Crippen LogP contribution in [-0.4, -0.2) is 41.0 Å². The van der Waals surface area contributed by atoms with Gasteiger partial charge in [0.25, 0.3) is 0 Å². The molecule has 0 saturated heterocycles. The molecular formula is C15H21NO6. The van der Waals surface area contributed by atoms with Gasteiger partial charge in [-0.2, -0.15) is 0 Å². The standard InChI is InChI=1S/C15H21NO6/c1-15(2,3)22-14(20)16-10(13(19)21-4)7-9-5-6-11(17)12(18)8-9/h5-6,8,10,17-18H,7H2,1-4H3,(H,16,20)/t10-/m0/s1. The first-order valence-corrected chi connectivity index (χ1v) is 6.70. The molecule has 1 amide bonds. The maximum absolute atomic E-state index is 11.8. The molecule has 0 aliphatic carbocycles. The Morgan fingerprint density at radius 3 is 2.36 bits per heavy atom. The summed E-state index contributed by atoms with van der Waals surface area (Å²) < 4.78 is 9.74. The Morgan fingerprint density at radius 2 is 1.86 bits per heavy atom. The normalized spacial score (nSPS) is 12.4. The van der Waals surface area contributed by atoms with Crippen LogP contribution in [0.4, 0.5) is 4.79 Å². The van der Waals surface area contributed by atoms with Crippen LogP contribution in [0.3, 0.4) is 0 Å². The van der Waals surface area contributed by atoms with Gasteiger partial charge in [-0.3, -0.25) is 0 Å². The number of hydrogen-bond acceptors (Lipinski definition) is 6. The van der Waals surface area contributed by atoms with E-state index in [1.807, 2.05) is 0 Å². The number of phenols is 2. The van der Waals surface area contributed by atoms with E-state index < -0.39 is 23.7 Å². The molecule has 0 bridgehead atoms. The van der Waals surface area contributed by atoms with Crippen molar-refractivity contribution in [1.82, 2.24) is 5.32 Å². The van der Waals surface area contributed by atoms with Crippen molar-refractivity contribution >= 4 is 12.1 Å². The van der Waals surface area contributed by atoms with Gasteiger partial charge >= 0.3 is 12.1 Å². The van der Waals surface area contributed by atoms with Gasteiger partial charge in [0.1, 0.15) is 11.6 Å². The van der Waals surface area contributed by atoms with Crippen LogP contribution in [0.15, 0.2) is 18.2 Å². The fourth-order valence-corrected chi connectivity index (χ4v) is 1.72. The predicted molar refractivity (Wildman–Crippen MR) is 78.6 cm³/mol. The molecule has 7 heteroatoms. The number of hydrogen-bond donors (Lipinski definition) is 3. The predicted octanol–water partition coefficient (Wildman–Crippen LogP) is 1.71. The number of phenolic OH excluding ortho intramolecular Hbond substituents is 2. The Kier molecular flexibility index (Phi) is 5.62. The van der Waals surface area contributed by atoms with Crippen molar-refractivity contribution in [3.8, 4) is 11.5 Å².